The van der Waals surface area contributed by atoms with Gasteiger partial charge in [0, 0.05) is 21.6 Å². The summed E-state index contributed by atoms with van der Waals surface area (Å²) in [6, 6.07) is 19.3. The van der Waals surface area contributed by atoms with Gasteiger partial charge in [0.1, 0.15) is 0 Å². The first-order chi connectivity index (χ1) is 9.84. The summed E-state index contributed by atoms with van der Waals surface area (Å²) < 4.78 is 2.36. The summed E-state index contributed by atoms with van der Waals surface area (Å²) in [5, 5.41) is 1.36. The van der Waals surface area contributed by atoms with Gasteiger partial charge in [-0.15, -0.1) is 0 Å². The summed E-state index contributed by atoms with van der Waals surface area (Å²) >= 11 is 3.71. The van der Waals surface area contributed by atoms with Crippen molar-refractivity contribution >= 4 is 32.9 Å². The second kappa shape index (κ2) is 4.64. The highest BCUT2D eigenvalue weighted by molar-refractivity contribution is 9.09. The Balaban J connectivity index is 2.10. The molecule has 0 bridgehead atoms. The Morgan fingerprint density at radius 1 is 0.950 bits per heavy atom. The topological polar surface area (TPSA) is 4.93 Å². The number of allylic oxidation sites excluding steroid dienone is 1. The van der Waals surface area contributed by atoms with Crippen molar-refractivity contribution < 1.29 is 0 Å². The molecule has 0 fully saturated rings. The SMILES string of the molecule is BrC1C=Cc2c(c3ccccc3n2-c2ccccc2)C1. The van der Waals surface area contributed by atoms with E-state index in [1.54, 1.807) is 0 Å². The normalized spacial score (nSPS) is 17.4. The number of aromatic nitrogens is 1. The first-order valence-electron chi connectivity index (χ1n) is 6.84. The number of benzene rings is 2. The maximum Gasteiger partial charge on any atom is 0.0537 e. The second-order valence-corrected chi connectivity index (χ2v) is 6.31. The van der Waals surface area contributed by atoms with Gasteiger partial charge in [-0.05, 0) is 36.3 Å². The lowest BCUT2D eigenvalue weighted by Gasteiger charge is -2.14. The summed E-state index contributed by atoms with van der Waals surface area (Å²) in [5.74, 6) is 0. The number of hydrogen-bond acceptors (Lipinski definition) is 0. The molecule has 1 aromatic heterocycles. The van der Waals surface area contributed by atoms with Gasteiger partial charge in [0.25, 0.3) is 0 Å². The highest BCUT2D eigenvalue weighted by Gasteiger charge is 2.20. The van der Waals surface area contributed by atoms with Crippen LogP contribution in [0.1, 0.15) is 11.3 Å². The van der Waals surface area contributed by atoms with Gasteiger partial charge in [0.2, 0.25) is 0 Å². The Morgan fingerprint density at radius 2 is 1.70 bits per heavy atom. The van der Waals surface area contributed by atoms with E-state index in [4.69, 9.17) is 0 Å². The molecule has 0 aliphatic heterocycles. The van der Waals surface area contributed by atoms with Crippen molar-refractivity contribution in [2.75, 3.05) is 0 Å². The van der Waals surface area contributed by atoms with Crippen molar-refractivity contribution in [1.82, 2.24) is 4.57 Å². The van der Waals surface area contributed by atoms with E-state index >= 15 is 0 Å². The predicted octanol–water partition coefficient (Wildman–Crippen LogP) is 4.96. The summed E-state index contributed by atoms with van der Waals surface area (Å²) in [6.07, 6.45) is 5.53. The fourth-order valence-electron chi connectivity index (χ4n) is 3.03. The zero-order chi connectivity index (χ0) is 13.5. The molecule has 0 N–H and O–H groups in total. The summed E-state index contributed by atoms with van der Waals surface area (Å²) in [6.45, 7) is 0. The van der Waals surface area contributed by atoms with E-state index in [0.29, 0.717) is 4.83 Å². The van der Waals surface area contributed by atoms with Crippen LogP contribution < -0.4 is 0 Å². The quantitative estimate of drug-likeness (QED) is 0.557. The number of alkyl halides is 1. The molecule has 1 nitrogen and oxygen atoms in total. The molecule has 0 saturated carbocycles. The summed E-state index contributed by atoms with van der Waals surface area (Å²) in [4.78, 5) is 0.435. The first kappa shape index (κ1) is 12.0. The summed E-state index contributed by atoms with van der Waals surface area (Å²) in [7, 11) is 0. The van der Waals surface area contributed by atoms with Crippen molar-refractivity contribution in [3.8, 4) is 5.69 Å². The van der Waals surface area contributed by atoms with Gasteiger partial charge in [-0.2, -0.15) is 0 Å². The van der Waals surface area contributed by atoms with Crippen LogP contribution in [0.3, 0.4) is 0 Å². The molecule has 20 heavy (non-hydrogen) atoms. The number of fused-ring (bicyclic) bond motifs is 3. The van der Waals surface area contributed by atoms with Crippen molar-refractivity contribution in [3.63, 3.8) is 0 Å². The van der Waals surface area contributed by atoms with Crippen molar-refractivity contribution in [2.45, 2.75) is 11.2 Å². The molecule has 4 rings (SSSR count). The summed E-state index contributed by atoms with van der Waals surface area (Å²) in [5.41, 5.74) is 5.26. The predicted molar refractivity (Wildman–Crippen MR) is 88.7 cm³/mol. The standard InChI is InChI=1S/C18H14BrN/c19-13-10-11-18-16(12-13)15-8-4-5-9-17(15)20(18)14-6-2-1-3-7-14/h1-11,13H,12H2. The van der Waals surface area contributed by atoms with E-state index in [-0.39, 0.29) is 0 Å². The fraction of sp³-hybridized carbons (Fsp3) is 0.111. The Hall–Kier alpha value is -1.80. The Labute approximate surface area is 126 Å². The van der Waals surface area contributed by atoms with Gasteiger partial charge in [0.15, 0.2) is 0 Å². The van der Waals surface area contributed by atoms with Crippen LogP contribution >= 0.6 is 15.9 Å². The monoisotopic (exact) mass is 323 g/mol. The molecule has 0 saturated heterocycles. The largest absolute Gasteiger partial charge is 0.310 e. The maximum atomic E-state index is 3.71. The van der Waals surface area contributed by atoms with E-state index in [0.717, 1.165) is 6.42 Å². The Morgan fingerprint density at radius 3 is 2.55 bits per heavy atom. The molecular formula is C18H14BrN. The average Bonchev–Trinajstić information content (AvgIpc) is 2.82. The van der Waals surface area contributed by atoms with Gasteiger partial charge in [-0.3, -0.25) is 0 Å². The van der Waals surface area contributed by atoms with E-state index < -0.39 is 0 Å². The van der Waals surface area contributed by atoms with Crippen molar-refractivity contribution in [2.24, 2.45) is 0 Å². The van der Waals surface area contributed by atoms with Crippen LogP contribution in [0.5, 0.6) is 0 Å². The molecule has 0 amide bonds. The highest BCUT2D eigenvalue weighted by Crippen LogP contribution is 2.35. The minimum atomic E-state index is 0.435. The molecule has 0 radical (unpaired) electrons. The van der Waals surface area contributed by atoms with Crippen LogP contribution in [-0.4, -0.2) is 9.39 Å². The first-order valence-corrected chi connectivity index (χ1v) is 7.76. The van der Waals surface area contributed by atoms with Gasteiger partial charge in [-0.25, -0.2) is 0 Å². The molecule has 3 aromatic rings. The van der Waals surface area contributed by atoms with Crippen LogP contribution in [0.4, 0.5) is 0 Å². The van der Waals surface area contributed by atoms with Gasteiger partial charge in [-0.1, -0.05) is 58.4 Å². The van der Waals surface area contributed by atoms with Gasteiger partial charge in [0.05, 0.1) is 5.52 Å². The zero-order valence-corrected chi connectivity index (χ0v) is 12.5. The highest BCUT2D eigenvalue weighted by atomic mass is 79.9. The Bertz CT molecular complexity index is 799. The number of para-hydroxylation sites is 2. The fourth-order valence-corrected chi connectivity index (χ4v) is 3.51. The van der Waals surface area contributed by atoms with Crippen LogP contribution in [-0.2, 0) is 6.42 Å². The lowest BCUT2D eigenvalue weighted by Crippen LogP contribution is -2.06. The van der Waals surface area contributed by atoms with E-state index in [1.807, 2.05) is 0 Å². The molecule has 0 spiro atoms. The molecule has 2 aromatic carbocycles. The maximum absolute atomic E-state index is 3.71. The van der Waals surface area contributed by atoms with Crippen LogP contribution in [0.15, 0.2) is 60.7 Å². The van der Waals surface area contributed by atoms with E-state index in [9.17, 15) is 0 Å². The third-order valence-electron chi connectivity index (χ3n) is 3.90. The second-order valence-electron chi connectivity index (χ2n) is 5.13. The minimum Gasteiger partial charge on any atom is -0.310 e. The smallest absolute Gasteiger partial charge is 0.0537 e. The van der Waals surface area contributed by atoms with Gasteiger partial charge < -0.3 is 4.57 Å². The molecule has 2 heteroatoms. The molecule has 1 atom stereocenters. The van der Waals surface area contributed by atoms with Crippen LogP contribution in [0.2, 0.25) is 0 Å². The lowest BCUT2D eigenvalue weighted by molar-refractivity contribution is 0.992. The number of hydrogen-bond donors (Lipinski definition) is 0. The molecule has 98 valence electrons. The van der Waals surface area contributed by atoms with Crippen LogP contribution in [0.25, 0.3) is 22.7 Å². The molecule has 1 unspecified atom stereocenters. The third-order valence-corrected chi connectivity index (χ3v) is 4.53. The molecule has 1 heterocycles. The number of rotatable bonds is 1. The Kier molecular flexibility index (Phi) is 2.78. The number of nitrogens with zero attached hydrogens (tertiary/aromatic N) is 1. The lowest BCUT2D eigenvalue weighted by atomic mass is 10.0. The van der Waals surface area contributed by atoms with Crippen molar-refractivity contribution in [3.05, 3.63) is 71.9 Å². The van der Waals surface area contributed by atoms with Crippen molar-refractivity contribution in [1.29, 1.82) is 0 Å². The van der Waals surface area contributed by atoms with Gasteiger partial charge >= 0.3 is 0 Å². The average molecular weight is 324 g/mol. The van der Waals surface area contributed by atoms with E-state index in [1.165, 1.54) is 27.8 Å². The minimum absolute atomic E-state index is 0.435. The molecule has 1 aliphatic carbocycles. The van der Waals surface area contributed by atoms with Crippen LogP contribution in [0, 0.1) is 0 Å². The van der Waals surface area contributed by atoms with E-state index in [2.05, 4.69) is 87.2 Å². The third kappa shape index (κ3) is 1.75. The molecular weight excluding hydrogens is 310 g/mol. The zero-order valence-electron chi connectivity index (χ0n) is 11.0. The number of halogens is 1. The molecule has 1 aliphatic rings.